The number of allylic oxidation sites excluding steroid dienone is 2. The van der Waals surface area contributed by atoms with Crippen LogP contribution >= 0.6 is 0 Å². The van der Waals surface area contributed by atoms with Gasteiger partial charge in [0.15, 0.2) is 0 Å². The third kappa shape index (κ3) is 3.35. The largest absolute Gasteiger partial charge is 0.314 e. The molecule has 0 aromatic carbocycles. The van der Waals surface area contributed by atoms with Gasteiger partial charge in [-0.1, -0.05) is 11.6 Å². The highest BCUT2D eigenvalue weighted by molar-refractivity contribution is 5.05. The molecule has 0 amide bonds. The lowest BCUT2D eigenvalue weighted by Gasteiger charge is -2.19. The van der Waals surface area contributed by atoms with E-state index in [1.807, 2.05) is 0 Å². The van der Waals surface area contributed by atoms with Crippen LogP contribution in [0.4, 0.5) is 0 Å². The summed E-state index contributed by atoms with van der Waals surface area (Å²) in [5.41, 5.74) is 2.20. The fourth-order valence-corrected chi connectivity index (χ4v) is 2.69. The maximum atomic E-state index is 3.75. The summed E-state index contributed by atoms with van der Waals surface area (Å²) in [5, 5.41) is 3.75. The van der Waals surface area contributed by atoms with Crippen LogP contribution in [-0.2, 0) is 0 Å². The quantitative estimate of drug-likeness (QED) is 0.643. The first-order chi connectivity index (χ1) is 7.62. The monoisotopic (exact) mass is 221 g/mol. The third-order valence-corrected chi connectivity index (χ3v) is 4.29. The highest BCUT2D eigenvalue weighted by Gasteiger charge is 2.53. The molecule has 0 radical (unpaired) electrons. The van der Waals surface area contributed by atoms with E-state index in [-0.39, 0.29) is 0 Å². The molecule has 0 spiro atoms. The van der Waals surface area contributed by atoms with Crippen molar-refractivity contribution in [3.8, 4) is 0 Å². The Labute approximate surface area is 101 Å². The smallest absolute Gasteiger partial charge is 0.00419 e. The summed E-state index contributed by atoms with van der Waals surface area (Å²) in [6.45, 7) is 7.99. The van der Waals surface area contributed by atoms with E-state index in [0.29, 0.717) is 6.04 Å². The van der Waals surface area contributed by atoms with Crippen LogP contribution in [0.2, 0.25) is 0 Å². The molecule has 92 valence electrons. The van der Waals surface area contributed by atoms with Gasteiger partial charge in [-0.05, 0) is 70.6 Å². The molecule has 2 aliphatic carbocycles. The van der Waals surface area contributed by atoms with Gasteiger partial charge < -0.3 is 5.32 Å². The minimum Gasteiger partial charge on any atom is -0.314 e. The Morgan fingerprint density at radius 1 is 1.38 bits per heavy atom. The Bertz CT molecular complexity index is 255. The van der Waals surface area contributed by atoms with E-state index in [1.165, 1.54) is 50.6 Å². The molecule has 0 saturated heterocycles. The maximum absolute atomic E-state index is 3.75. The summed E-state index contributed by atoms with van der Waals surface area (Å²) in [6, 6.07) is 0.687. The molecule has 0 aromatic rings. The van der Waals surface area contributed by atoms with E-state index >= 15 is 0 Å². The van der Waals surface area contributed by atoms with Crippen LogP contribution in [0.3, 0.4) is 0 Å². The highest BCUT2D eigenvalue weighted by atomic mass is 14.9. The molecule has 1 nitrogen and oxygen atoms in total. The maximum Gasteiger partial charge on any atom is 0.00419 e. The second-order valence-corrected chi connectivity index (χ2v) is 6.28. The van der Waals surface area contributed by atoms with Gasteiger partial charge >= 0.3 is 0 Å². The molecule has 0 bridgehead atoms. The van der Waals surface area contributed by atoms with Gasteiger partial charge in [0.05, 0.1) is 0 Å². The van der Waals surface area contributed by atoms with Crippen LogP contribution in [0.5, 0.6) is 0 Å². The van der Waals surface area contributed by atoms with Gasteiger partial charge in [0.1, 0.15) is 0 Å². The predicted octanol–water partition coefficient (Wildman–Crippen LogP) is 3.90. The SMILES string of the molecule is CC(C)=CCCC(C)NCC1(C2CC2)CC1. The predicted molar refractivity (Wildman–Crippen MR) is 70.5 cm³/mol. The zero-order valence-corrected chi connectivity index (χ0v) is 11.2. The summed E-state index contributed by atoms with van der Waals surface area (Å²) in [7, 11) is 0. The standard InChI is InChI=1S/C15H27N/c1-12(2)5-4-6-13(3)16-11-15(9-10-15)14-7-8-14/h5,13-14,16H,4,6-11H2,1-3H3. The summed E-state index contributed by atoms with van der Waals surface area (Å²) in [5.74, 6) is 1.09. The molecule has 1 heteroatoms. The molecule has 16 heavy (non-hydrogen) atoms. The molecule has 2 fully saturated rings. The fraction of sp³-hybridized carbons (Fsp3) is 0.867. The number of hydrogen-bond acceptors (Lipinski definition) is 1. The Kier molecular flexibility index (Phi) is 3.73. The van der Waals surface area contributed by atoms with Gasteiger partial charge in [0, 0.05) is 12.6 Å². The van der Waals surface area contributed by atoms with Crippen LogP contribution in [0.25, 0.3) is 0 Å². The van der Waals surface area contributed by atoms with E-state index in [9.17, 15) is 0 Å². The third-order valence-electron chi connectivity index (χ3n) is 4.29. The average molecular weight is 221 g/mol. The summed E-state index contributed by atoms with van der Waals surface area (Å²) < 4.78 is 0. The molecular formula is C15H27N. The minimum absolute atomic E-state index is 0.687. The van der Waals surface area contributed by atoms with Crippen LogP contribution in [-0.4, -0.2) is 12.6 Å². The molecule has 0 aromatic heterocycles. The van der Waals surface area contributed by atoms with Crippen molar-refractivity contribution in [3.05, 3.63) is 11.6 Å². The molecule has 2 aliphatic rings. The van der Waals surface area contributed by atoms with Gasteiger partial charge in [0.2, 0.25) is 0 Å². The van der Waals surface area contributed by atoms with Crippen LogP contribution in [0.15, 0.2) is 11.6 Å². The van der Waals surface area contributed by atoms with Gasteiger partial charge in [-0.3, -0.25) is 0 Å². The number of rotatable bonds is 7. The van der Waals surface area contributed by atoms with Crippen LogP contribution in [0.1, 0.15) is 59.3 Å². The Morgan fingerprint density at radius 3 is 2.56 bits per heavy atom. The Morgan fingerprint density at radius 2 is 2.06 bits per heavy atom. The lowest BCUT2D eigenvalue weighted by molar-refractivity contribution is 0.372. The fourth-order valence-electron chi connectivity index (χ4n) is 2.69. The van der Waals surface area contributed by atoms with Gasteiger partial charge in [-0.25, -0.2) is 0 Å². The lowest BCUT2D eigenvalue weighted by Crippen LogP contribution is -2.32. The first kappa shape index (κ1) is 12.2. The summed E-state index contributed by atoms with van der Waals surface area (Å²) >= 11 is 0. The summed E-state index contributed by atoms with van der Waals surface area (Å²) in [4.78, 5) is 0. The lowest BCUT2D eigenvalue weighted by atomic mass is 10.00. The zero-order chi connectivity index (χ0) is 11.6. The molecular weight excluding hydrogens is 194 g/mol. The normalized spacial score (nSPS) is 23.9. The van der Waals surface area contributed by atoms with Gasteiger partial charge in [-0.15, -0.1) is 0 Å². The second kappa shape index (κ2) is 4.91. The van der Waals surface area contributed by atoms with Crippen molar-refractivity contribution in [2.75, 3.05) is 6.54 Å². The molecule has 2 rings (SSSR count). The zero-order valence-electron chi connectivity index (χ0n) is 11.2. The van der Waals surface area contributed by atoms with Crippen molar-refractivity contribution in [1.29, 1.82) is 0 Å². The van der Waals surface area contributed by atoms with Crippen molar-refractivity contribution in [2.45, 2.75) is 65.3 Å². The van der Waals surface area contributed by atoms with E-state index in [1.54, 1.807) is 0 Å². The summed E-state index contributed by atoms with van der Waals surface area (Å²) in [6.07, 6.45) is 10.9. The number of nitrogens with one attached hydrogen (secondary N) is 1. The Balaban J connectivity index is 1.60. The van der Waals surface area contributed by atoms with Crippen LogP contribution < -0.4 is 5.32 Å². The van der Waals surface area contributed by atoms with Crippen molar-refractivity contribution < 1.29 is 0 Å². The van der Waals surface area contributed by atoms with Crippen molar-refractivity contribution in [3.63, 3.8) is 0 Å². The van der Waals surface area contributed by atoms with Gasteiger partial charge in [0.25, 0.3) is 0 Å². The molecule has 0 aliphatic heterocycles. The van der Waals surface area contributed by atoms with Crippen molar-refractivity contribution >= 4 is 0 Å². The van der Waals surface area contributed by atoms with E-state index in [0.717, 1.165) is 11.3 Å². The van der Waals surface area contributed by atoms with Gasteiger partial charge in [-0.2, -0.15) is 0 Å². The first-order valence-corrected chi connectivity index (χ1v) is 6.99. The topological polar surface area (TPSA) is 12.0 Å². The molecule has 2 saturated carbocycles. The Hall–Kier alpha value is -0.300. The van der Waals surface area contributed by atoms with Crippen molar-refractivity contribution in [1.82, 2.24) is 5.32 Å². The molecule has 1 unspecified atom stereocenters. The van der Waals surface area contributed by atoms with E-state index in [4.69, 9.17) is 0 Å². The molecule has 1 atom stereocenters. The van der Waals surface area contributed by atoms with E-state index in [2.05, 4.69) is 32.2 Å². The minimum atomic E-state index is 0.687. The van der Waals surface area contributed by atoms with Crippen LogP contribution in [0, 0.1) is 11.3 Å². The highest BCUT2D eigenvalue weighted by Crippen LogP contribution is 2.60. The van der Waals surface area contributed by atoms with E-state index < -0.39 is 0 Å². The number of hydrogen-bond donors (Lipinski definition) is 1. The van der Waals surface area contributed by atoms with Crippen molar-refractivity contribution in [2.24, 2.45) is 11.3 Å². The average Bonchev–Trinajstić information content (AvgIpc) is 3.06. The first-order valence-electron chi connectivity index (χ1n) is 6.99. The second-order valence-electron chi connectivity index (χ2n) is 6.28. The molecule has 1 N–H and O–H groups in total. The molecule has 0 heterocycles.